The van der Waals surface area contributed by atoms with Gasteiger partial charge in [-0.05, 0) is 115 Å². The number of benzene rings is 6. The van der Waals surface area contributed by atoms with Crippen molar-refractivity contribution in [3.8, 4) is 5.75 Å². The van der Waals surface area contributed by atoms with Gasteiger partial charge < -0.3 is 24.5 Å². The average molecular weight is 882 g/mol. The number of nitrogens with zero attached hydrogens (tertiary/aromatic N) is 8. The summed E-state index contributed by atoms with van der Waals surface area (Å²) < 4.78 is 104. The average Bonchev–Trinajstić information content (AvgIpc) is 3.15. The Hall–Kier alpha value is -3.69. The minimum Gasteiger partial charge on any atom is -0.744 e. The zero-order chi connectivity index (χ0) is 40.3. The van der Waals surface area contributed by atoms with Crippen molar-refractivity contribution in [3.63, 3.8) is 0 Å². The normalized spacial score (nSPS) is 12.2. The Morgan fingerprint density at radius 3 is 1.03 bits per heavy atom. The summed E-state index contributed by atoms with van der Waals surface area (Å²) >= 11 is 0. The summed E-state index contributed by atoms with van der Waals surface area (Å²) in [5.74, 6) is -0.697. The Balaban J connectivity index is 0.00000310. The van der Waals surface area contributed by atoms with E-state index >= 15 is 0 Å². The zero-order valence-electron chi connectivity index (χ0n) is 31.0. The summed E-state index contributed by atoms with van der Waals surface area (Å²) in [6.07, 6.45) is 0. The molecule has 19 nitrogen and oxygen atoms in total. The molecule has 284 valence electrons. The SMILES string of the molecule is Nc1ccc2c(O)c(N=Nc3ccc(N=Nc4ccc(S(=O)(=O)[O-])cc4)cc3)c(S(=O)(=O)[O-])cc2c1N=Nc1ccc(N=Nc2ccc(S(=O)(=O)[O-])cc2)cc1.[Na+].[Na+].[Na+]. The fourth-order valence-electron chi connectivity index (χ4n) is 4.80. The molecule has 0 amide bonds. The van der Waals surface area contributed by atoms with Gasteiger partial charge in [0.2, 0.25) is 0 Å². The van der Waals surface area contributed by atoms with Gasteiger partial charge >= 0.3 is 88.7 Å². The van der Waals surface area contributed by atoms with Crippen LogP contribution in [0, 0.1) is 0 Å². The number of hydrogen-bond acceptors (Lipinski definition) is 19. The summed E-state index contributed by atoms with van der Waals surface area (Å²) in [5, 5.41) is 43.3. The number of anilines is 1. The molecule has 0 radical (unpaired) electrons. The van der Waals surface area contributed by atoms with E-state index in [1.807, 2.05) is 0 Å². The second kappa shape index (κ2) is 20.7. The number of fused-ring (bicyclic) bond motifs is 1. The number of azo groups is 4. The third-order valence-corrected chi connectivity index (χ3v) is 10.1. The molecule has 25 heteroatoms. The van der Waals surface area contributed by atoms with E-state index in [0.29, 0.717) is 22.7 Å². The number of hydrogen-bond donors (Lipinski definition) is 2. The summed E-state index contributed by atoms with van der Waals surface area (Å²) in [7, 11) is -14.5. The first-order valence-corrected chi connectivity index (χ1v) is 19.7. The Bertz CT molecular complexity index is 2940. The molecule has 0 bridgehead atoms. The van der Waals surface area contributed by atoms with Gasteiger partial charge in [0.25, 0.3) is 0 Å². The molecular formula is C34H22N9Na3O10S3. The van der Waals surface area contributed by atoms with E-state index in [1.54, 1.807) is 12.1 Å². The largest absolute Gasteiger partial charge is 1.00 e. The van der Waals surface area contributed by atoms with E-state index in [0.717, 1.165) is 30.3 Å². The van der Waals surface area contributed by atoms with Gasteiger partial charge in [0.05, 0.1) is 54.5 Å². The van der Waals surface area contributed by atoms with Crippen LogP contribution < -0.4 is 94.4 Å². The van der Waals surface area contributed by atoms with Gasteiger partial charge in [0, 0.05) is 10.8 Å². The molecule has 0 aliphatic carbocycles. The monoisotopic (exact) mass is 881 g/mol. The quantitative estimate of drug-likeness (QED) is 0.0724. The molecule has 6 aromatic carbocycles. The van der Waals surface area contributed by atoms with Crippen molar-refractivity contribution in [1.29, 1.82) is 0 Å². The Kier molecular flexibility index (Phi) is 17.4. The standard InChI is InChI=1S/C34H25N9O10S3.3Na/c35-30-18-17-28-29(32(30)42-40-22-5-1-20(2-6-22)36-38-24-9-13-26(14-10-24)54(45,46)47)19-31(56(51,52)53)33(34(28)44)43-41-23-7-3-21(4-8-23)37-39-25-11-15-27(16-12-25)55(48,49)50;;;/h1-19,44H,35H2,(H,45,46,47)(H,48,49,50)(H,51,52,53);;;/q;3*+1/p-3. The van der Waals surface area contributed by atoms with Gasteiger partial charge in [-0.3, -0.25) is 0 Å². The molecule has 0 atom stereocenters. The van der Waals surface area contributed by atoms with E-state index in [9.17, 15) is 44.0 Å². The predicted octanol–water partition coefficient (Wildman–Crippen LogP) is -0.486. The van der Waals surface area contributed by atoms with E-state index in [2.05, 4.69) is 40.9 Å². The maximum atomic E-state index is 12.4. The summed E-state index contributed by atoms with van der Waals surface area (Å²) in [5.41, 5.74) is 7.25. The molecular weight excluding hydrogens is 860 g/mol. The third-order valence-electron chi connectivity index (χ3n) is 7.55. The minimum absolute atomic E-state index is 0. The van der Waals surface area contributed by atoms with Crippen molar-refractivity contribution in [2.75, 3.05) is 5.73 Å². The maximum absolute atomic E-state index is 12.4. The fraction of sp³-hybridized carbons (Fsp3) is 0. The second-order valence-corrected chi connectivity index (χ2v) is 15.5. The smallest absolute Gasteiger partial charge is 0.744 e. The third kappa shape index (κ3) is 12.9. The molecule has 59 heavy (non-hydrogen) atoms. The molecule has 0 aliphatic heterocycles. The van der Waals surface area contributed by atoms with Gasteiger partial charge in [-0.25, -0.2) is 25.3 Å². The summed E-state index contributed by atoms with van der Waals surface area (Å²) in [6.45, 7) is 0. The van der Waals surface area contributed by atoms with Crippen LogP contribution in [0.15, 0.2) is 171 Å². The van der Waals surface area contributed by atoms with Gasteiger partial charge in [0.15, 0.2) is 5.75 Å². The van der Waals surface area contributed by atoms with Crippen molar-refractivity contribution in [3.05, 3.63) is 115 Å². The van der Waals surface area contributed by atoms with Crippen molar-refractivity contribution in [1.82, 2.24) is 0 Å². The number of rotatable bonds is 11. The molecule has 6 rings (SSSR count). The molecule has 0 heterocycles. The number of nitrogens with two attached hydrogens (primary N) is 1. The van der Waals surface area contributed by atoms with Crippen LogP contribution in [0.4, 0.5) is 51.2 Å². The predicted molar refractivity (Wildman–Crippen MR) is 196 cm³/mol. The van der Waals surface area contributed by atoms with Crippen LogP contribution >= 0.6 is 0 Å². The van der Waals surface area contributed by atoms with E-state index in [-0.39, 0.29) is 122 Å². The van der Waals surface area contributed by atoms with Crippen LogP contribution in [-0.4, -0.2) is 44.0 Å². The number of phenolic OH excluding ortho intramolecular Hbond substituents is 1. The van der Waals surface area contributed by atoms with Crippen LogP contribution in [0.1, 0.15) is 0 Å². The second-order valence-electron chi connectivity index (χ2n) is 11.4. The first-order valence-electron chi connectivity index (χ1n) is 15.5. The van der Waals surface area contributed by atoms with Crippen molar-refractivity contribution in [2.24, 2.45) is 40.9 Å². The summed E-state index contributed by atoms with van der Waals surface area (Å²) in [6, 6.07) is 25.3. The van der Waals surface area contributed by atoms with E-state index in [4.69, 9.17) is 5.73 Å². The van der Waals surface area contributed by atoms with Gasteiger partial charge in [0.1, 0.15) is 41.7 Å². The molecule has 0 aliphatic rings. The van der Waals surface area contributed by atoms with Crippen molar-refractivity contribution in [2.45, 2.75) is 14.7 Å². The van der Waals surface area contributed by atoms with Crippen molar-refractivity contribution >= 4 is 92.3 Å². The molecule has 0 unspecified atom stereocenters. The van der Waals surface area contributed by atoms with Gasteiger partial charge in [-0.2, -0.15) is 30.7 Å². The molecule has 0 aromatic heterocycles. The first-order chi connectivity index (χ1) is 26.5. The topological polar surface area (TPSA) is 317 Å². The molecule has 0 saturated carbocycles. The van der Waals surface area contributed by atoms with Gasteiger partial charge in [-0.1, -0.05) is 0 Å². The Morgan fingerprint density at radius 2 is 0.712 bits per heavy atom. The number of phenols is 1. The molecule has 0 saturated heterocycles. The van der Waals surface area contributed by atoms with Crippen LogP contribution in [0.5, 0.6) is 5.75 Å². The molecule has 3 N–H and O–H groups in total. The first kappa shape index (κ1) is 49.7. The molecule has 6 aromatic rings. The molecule has 0 spiro atoms. The fourth-order valence-corrected chi connectivity index (χ4v) is 6.37. The van der Waals surface area contributed by atoms with Crippen LogP contribution in [0.3, 0.4) is 0 Å². The number of nitrogen functional groups attached to an aromatic ring is 1. The van der Waals surface area contributed by atoms with E-state index in [1.165, 1.54) is 72.8 Å². The molecule has 0 fully saturated rings. The number of aromatic hydroxyl groups is 1. The zero-order valence-corrected chi connectivity index (χ0v) is 39.4. The maximum Gasteiger partial charge on any atom is 1.00 e. The van der Waals surface area contributed by atoms with E-state index < -0.39 is 56.5 Å². The Labute approximate surface area is 402 Å². The Morgan fingerprint density at radius 1 is 0.407 bits per heavy atom. The minimum atomic E-state index is -5.25. The summed E-state index contributed by atoms with van der Waals surface area (Å²) in [4.78, 5) is -1.73. The van der Waals surface area contributed by atoms with Crippen LogP contribution in [0.2, 0.25) is 0 Å². The van der Waals surface area contributed by atoms with Crippen molar-refractivity contribution < 1.29 is 133 Å². The van der Waals surface area contributed by atoms with Crippen LogP contribution in [-0.2, 0) is 30.4 Å². The van der Waals surface area contributed by atoms with Crippen LogP contribution in [0.25, 0.3) is 10.8 Å². The van der Waals surface area contributed by atoms with Gasteiger partial charge in [-0.15, -0.1) is 10.2 Å².